The summed E-state index contributed by atoms with van der Waals surface area (Å²) in [5.41, 5.74) is 0. The molecule has 2 rings (SSSR count). The van der Waals surface area contributed by atoms with Crippen molar-refractivity contribution in [1.82, 2.24) is 4.90 Å². The van der Waals surface area contributed by atoms with Crippen LogP contribution >= 0.6 is 0 Å². The molecule has 2 heterocycles. The van der Waals surface area contributed by atoms with Gasteiger partial charge >= 0.3 is 5.97 Å². The standard InChI is InChI=1S/C14H25NO4/c1-4-15(11-5-9(2)19-10(3)6-11)13-8-18-7-12(13)14(16)17/h9-13H,4-8H2,1-3H3,(H,16,17). The fourth-order valence-corrected chi connectivity index (χ4v) is 3.51. The molecule has 1 N–H and O–H groups in total. The van der Waals surface area contributed by atoms with E-state index in [2.05, 4.69) is 25.7 Å². The quantitative estimate of drug-likeness (QED) is 0.836. The zero-order valence-electron chi connectivity index (χ0n) is 12.0. The molecule has 0 bridgehead atoms. The molecule has 2 fully saturated rings. The van der Waals surface area contributed by atoms with E-state index in [4.69, 9.17) is 9.47 Å². The molecule has 5 nitrogen and oxygen atoms in total. The van der Waals surface area contributed by atoms with Crippen LogP contribution < -0.4 is 0 Å². The highest BCUT2D eigenvalue weighted by molar-refractivity contribution is 5.71. The number of nitrogens with zero attached hydrogens (tertiary/aromatic N) is 1. The van der Waals surface area contributed by atoms with Crippen molar-refractivity contribution in [2.45, 2.75) is 57.9 Å². The fourth-order valence-electron chi connectivity index (χ4n) is 3.51. The third-order valence-electron chi connectivity index (χ3n) is 4.30. The van der Waals surface area contributed by atoms with Gasteiger partial charge in [-0.1, -0.05) is 6.92 Å². The molecule has 2 aliphatic heterocycles. The van der Waals surface area contributed by atoms with Crippen molar-refractivity contribution in [2.24, 2.45) is 5.92 Å². The molecule has 2 saturated heterocycles. The van der Waals surface area contributed by atoms with Crippen LogP contribution in [0.25, 0.3) is 0 Å². The van der Waals surface area contributed by atoms with Crippen LogP contribution in [0.3, 0.4) is 0 Å². The van der Waals surface area contributed by atoms with Gasteiger partial charge < -0.3 is 14.6 Å². The second-order valence-electron chi connectivity index (χ2n) is 5.76. The molecule has 0 saturated carbocycles. The molecule has 110 valence electrons. The Kier molecular flexibility index (Phi) is 4.81. The van der Waals surface area contributed by atoms with Crippen LogP contribution in [0.4, 0.5) is 0 Å². The van der Waals surface area contributed by atoms with Crippen molar-refractivity contribution in [3.8, 4) is 0 Å². The van der Waals surface area contributed by atoms with Gasteiger partial charge in [0.05, 0.1) is 31.3 Å². The monoisotopic (exact) mass is 271 g/mol. The lowest BCUT2D eigenvalue weighted by Gasteiger charge is -2.42. The minimum Gasteiger partial charge on any atom is -0.481 e. The van der Waals surface area contributed by atoms with E-state index in [0.717, 1.165) is 19.4 Å². The van der Waals surface area contributed by atoms with Crippen molar-refractivity contribution in [3.05, 3.63) is 0 Å². The molecule has 5 heteroatoms. The van der Waals surface area contributed by atoms with E-state index in [0.29, 0.717) is 19.3 Å². The predicted octanol–water partition coefficient (Wildman–Crippen LogP) is 1.36. The summed E-state index contributed by atoms with van der Waals surface area (Å²) in [5, 5.41) is 9.30. The number of carboxylic acids is 1. The molecule has 0 aromatic carbocycles. The summed E-state index contributed by atoms with van der Waals surface area (Å²) < 4.78 is 11.2. The van der Waals surface area contributed by atoms with E-state index >= 15 is 0 Å². The minimum atomic E-state index is -0.742. The molecule has 4 atom stereocenters. The highest BCUT2D eigenvalue weighted by atomic mass is 16.5. The molecule has 19 heavy (non-hydrogen) atoms. The number of hydrogen-bond donors (Lipinski definition) is 1. The predicted molar refractivity (Wildman–Crippen MR) is 71.1 cm³/mol. The van der Waals surface area contributed by atoms with Gasteiger partial charge in [0.25, 0.3) is 0 Å². The number of likely N-dealkylation sites (N-methyl/N-ethyl adjacent to an activating group) is 1. The van der Waals surface area contributed by atoms with Crippen LogP contribution in [0.15, 0.2) is 0 Å². The molecule has 0 amide bonds. The van der Waals surface area contributed by atoms with E-state index in [9.17, 15) is 9.90 Å². The lowest BCUT2D eigenvalue weighted by Crippen LogP contribution is -2.52. The van der Waals surface area contributed by atoms with Crippen LogP contribution in [0, 0.1) is 5.92 Å². The van der Waals surface area contributed by atoms with Gasteiger partial charge in [-0.15, -0.1) is 0 Å². The number of hydrogen-bond acceptors (Lipinski definition) is 4. The van der Waals surface area contributed by atoms with Gasteiger partial charge in [-0.25, -0.2) is 0 Å². The largest absolute Gasteiger partial charge is 0.481 e. The Labute approximate surface area is 114 Å². The van der Waals surface area contributed by atoms with Crippen LogP contribution in [0.2, 0.25) is 0 Å². The van der Waals surface area contributed by atoms with E-state index in [1.165, 1.54) is 0 Å². The Hall–Kier alpha value is -0.650. The number of rotatable bonds is 4. The first-order valence-electron chi connectivity index (χ1n) is 7.24. The Balaban J connectivity index is 2.08. The molecule has 0 aliphatic carbocycles. The number of aliphatic carboxylic acids is 1. The summed E-state index contributed by atoms with van der Waals surface area (Å²) in [6, 6.07) is 0.405. The third-order valence-corrected chi connectivity index (χ3v) is 4.30. The Morgan fingerprint density at radius 3 is 2.42 bits per heavy atom. The summed E-state index contributed by atoms with van der Waals surface area (Å²) >= 11 is 0. The first-order valence-corrected chi connectivity index (χ1v) is 7.24. The molecule has 0 aromatic rings. The zero-order valence-corrected chi connectivity index (χ0v) is 12.0. The van der Waals surface area contributed by atoms with Gasteiger partial charge in [0.2, 0.25) is 0 Å². The van der Waals surface area contributed by atoms with Crippen LogP contribution in [-0.4, -0.2) is 60.0 Å². The second-order valence-corrected chi connectivity index (χ2v) is 5.76. The van der Waals surface area contributed by atoms with Crippen molar-refractivity contribution < 1.29 is 19.4 Å². The summed E-state index contributed by atoms with van der Waals surface area (Å²) in [5.74, 6) is -1.14. The van der Waals surface area contributed by atoms with Gasteiger partial charge in [-0.2, -0.15) is 0 Å². The molecule has 0 spiro atoms. The molecule has 0 radical (unpaired) electrons. The van der Waals surface area contributed by atoms with Gasteiger partial charge in [0, 0.05) is 12.1 Å². The maximum atomic E-state index is 11.3. The lowest BCUT2D eigenvalue weighted by molar-refractivity contribution is -0.144. The summed E-state index contributed by atoms with van der Waals surface area (Å²) in [6.07, 6.45) is 2.43. The highest BCUT2D eigenvalue weighted by Crippen LogP contribution is 2.29. The van der Waals surface area contributed by atoms with Crippen LogP contribution in [-0.2, 0) is 14.3 Å². The van der Waals surface area contributed by atoms with Gasteiger partial charge in [0.1, 0.15) is 0 Å². The van der Waals surface area contributed by atoms with E-state index in [1.54, 1.807) is 0 Å². The zero-order chi connectivity index (χ0) is 14.0. The number of carbonyl (C=O) groups is 1. The number of carboxylic acid groups (broad SMARTS) is 1. The van der Waals surface area contributed by atoms with Gasteiger partial charge in [0.15, 0.2) is 0 Å². The van der Waals surface area contributed by atoms with Crippen LogP contribution in [0.5, 0.6) is 0 Å². The number of ether oxygens (including phenoxy) is 2. The maximum absolute atomic E-state index is 11.3. The van der Waals surface area contributed by atoms with E-state index in [-0.39, 0.29) is 18.2 Å². The Morgan fingerprint density at radius 1 is 1.26 bits per heavy atom. The Bertz CT molecular complexity index is 313. The molecule has 0 aromatic heterocycles. The summed E-state index contributed by atoms with van der Waals surface area (Å²) in [7, 11) is 0. The summed E-state index contributed by atoms with van der Waals surface area (Å²) in [6.45, 7) is 8.02. The van der Waals surface area contributed by atoms with Crippen molar-refractivity contribution in [1.29, 1.82) is 0 Å². The van der Waals surface area contributed by atoms with E-state index in [1.807, 2.05) is 0 Å². The minimum absolute atomic E-state index is 0.00463. The smallest absolute Gasteiger partial charge is 0.310 e. The fraction of sp³-hybridized carbons (Fsp3) is 0.929. The highest BCUT2D eigenvalue weighted by Gasteiger charge is 2.41. The third kappa shape index (κ3) is 3.27. The van der Waals surface area contributed by atoms with Crippen molar-refractivity contribution in [3.63, 3.8) is 0 Å². The first kappa shape index (κ1) is 14.8. The topological polar surface area (TPSA) is 59.0 Å². The van der Waals surface area contributed by atoms with Crippen molar-refractivity contribution >= 4 is 5.97 Å². The first-order chi connectivity index (χ1) is 9.02. The SMILES string of the molecule is CCN(C1CC(C)OC(C)C1)C1COCC1C(=O)O. The molecular formula is C14H25NO4. The lowest BCUT2D eigenvalue weighted by atomic mass is 9.93. The van der Waals surface area contributed by atoms with Gasteiger partial charge in [-0.05, 0) is 33.2 Å². The van der Waals surface area contributed by atoms with E-state index < -0.39 is 11.9 Å². The normalized spacial score (nSPS) is 39.7. The Morgan fingerprint density at radius 2 is 1.89 bits per heavy atom. The average molecular weight is 271 g/mol. The average Bonchev–Trinajstić information content (AvgIpc) is 2.78. The van der Waals surface area contributed by atoms with Crippen LogP contribution in [0.1, 0.15) is 33.6 Å². The maximum Gasteiger partial charge on any atom is 0.310 e. The van der Waals surface area contributed by atoms with Gasteiger partial charge in [-0.3, -0.25) is 9.69 Å². The summed E-state index contributed by atoms with van der Waals surface area (Å²) in [4.78, 5) is 13.6. The molecular weight excluding hydrogens is 246 g/mol. The van der Waals surface area contributed by atoms with Crippen molar-refractivity contribution in [2.75, 3.05) is 19.8 Å². The second kappa shape index (κ2) is 6.20. The molecule has 2 aliphatic rings. The molecule has 4 unspecified atom stereocenters.